The summed E-state index contributed by atoms with van der Waals surface area (Å²) in [5.74, 6) is -1.12. The molecule has 0 atom stereocenters. The van der Waals surface area contributed by atoms with Crippen molar-refractivity contribution in [1.82, 2.24) is 5.32 Å². The summed E-state index contributed by atoms with van der Waals surface area (Å²) in [7, 11) is -3.27. The molecule has 0 aliphatic carbocycles. The summed E-state index contributed by atoms with van der Waals surface area (Å²) in [6.07, 6.45) is 0.980. The minimum Gasteiger partial charge on any atom is -0.392 e. The van der Waals surface area contributed by atoms with Crippen LogP contribution in [0.1, 0.15) is 0 Å². The van der Waals surface area contributed by atoms with Gasteiger partial charge in [-0.05, 0) is 0 Å². The smallest absolute Gasteiger partial charge is 0.235 e. The number of rotatable bonds is 4. The van der Waals surface area contributed by atoms with Gasteiger partial charge in [-0.2, -0.15) is 0 Å². The third-order valence-corrected chi connectivity index (χ3v) is 1.78. The maximum atomic E-state index is 10.8. The summed E-state index contributed by atoms with van der Waals surface area (Å²) in [6.45, 7) is 0.0314. The van der Waals surface area contributed by atoms with E-state index >= 15 is 0 Å². The Labute approximate surface area is 76.2 Å². The molecule has 0 aromatic rings. The van der Waals surface area contributed by atoms with Gasteiger partial charge in [-0.3, -0.25) is 4.79 Å². The molecular weight excluding hydrogens is 200 g/mol. The van der Waals surface area contributed by atoms with Crippen molar-refractivity contribution in [2.75, 3.05) is 18.6 Å². The number of amides is 1. The average molecular weight is 210 g/mol. The number of hydrogen-bond donors (Lipinski definition) is 2. The molecule has 0 fully saturated rings. The van der Waals surface area contributed by atoms with E-state index in [-0.39, 0.29) is 11.5 Å². The Morgan fingerprint density at radius 2 is 2.08 bits per heavy atom. The van der Waals surface area contributed by atoms with Crippen molar-refractivity contribution in [1.29, 1.82) is 0 Å². The number of nitrogens with two attached hydrogens (primary N) is 1. The SMILES string of the molecule is CS(=O)(=O)CC(=O)NCC(N)=S. The lowest BCUT2D eigenvalue weighted by Gasteiger charge is -2.01. The molecule has 0 unspecified atom stereocenters. The van der Waals surface area contributed by atoms with E-state index in [1.54, 1.807) is 0 Å². The van der Waals surface area contributed by atoms with Gasteiger partial charge in [0.15, 0.2) is 9.84 Å². The summed E-state index contributed by atoms with van der Waals surface area (Å²) in [6, 6.07) is 0. The van der Waals surface area contributed by atoms with Crippen LogP contribution < -0.4 is 11.1 Å². The van der Waals surface area contributed by atoms with Gasteiger partial charge in [-0.25, -0.2) is 8.42 Å². The summed E-state index contributed by atoms with van der Waals surface area (Å²) in [5, 5.41) is 2.25. The molecule has 0 bridgehead atoms. The minimum absolute atomic E-state index is 0.0314. The van der Waals surface area contributed by atoms with Gasteiger partial charge in [0.05, 0.1) is 11.5 Å². The molecule has 12 heavy (non-hydrogen) atoms. The van der Waals surface area contributed by atoms with Crippen molar-refractivity contribution >= 4 is 33.0 Å². The molecular formula is C5H10N2O3S2. The molecule has 0 spiro atoms. The van der Waals surface area contributed by atoms with Crippen LogP contribution in [0, 0.1) is 0 Å². The van der Waals surface area contributed by atoms with Crippen LogP contribution in [0.15, 0.2) is 0 Å². The predicted octanol–water partition coefficient (Wildman–Crippen LogP) is -1.57. The zero-order chi connectivity index (χ0) is 9.78. The molecule has 0 aliphatic rings. The van der Waals surface area contributed by atoms with Crippen molar-refractivity contribution in [3.8, 4) is 0 Å². The van der Waals surface area contributed by atoms with Crippen LogP contribution in [0.3, 0.4) is 0 Å². The Balaban J connectivity index is 3.84. The van der Waals surface area contributed by atoms with Gasteiger partial charge in [0.1, 0.15) is 5.75 Å². The Hall–Kier alpha value is -0.690. The van der Waals surface area contributed by atoms with E-state index in [1.807, 2.05) is 0 Å². The second-order valence-electron chi connectivity index (χ2n) is 2.31. The van der Waals surface area contributed by atoms with E-state index in [0.717, 1.165) is 6.26 Å². The van der Waals surface area contributed by atoms with Gasteiger partial charge in [0.2, 0.25) is 5.91 Å². The third-order valence-electron chi connectivity index (χ3n) is 0.853. The van der Waals surface area contributed by atoms with Crippen LogP contribution in [0.4, 0.5) is 0 Å². The topological polar surface area (TPSA) is 89.3 Å². The minimum atomic E-state index is -3.27. The molecule has 0 aromatic heterocycles. The molecule has 3 N–H and O–H groups in total. The van der Waals surface area contributed by atoms with Crippen molar-refractivity contribution in [3.05, 3.63) is 0 Å². The number of carbonyl (C=O) groups is 1. The molecule has 1 amide bonds. The predicted molar refractivity (Wildman–Crippen MR) is 49.5 cm³/mol. The standard InChI is InChI=1S/C5H10N2O3S2/c1-12(9,10)3-5(8)7-2-4(6)11/h2-3H2,1H3,(H2,6,11)(H,7,8). The fourth-order valence-corrected chi connectivity index (χ4v) is 1.13. The molecule has 0 rings (SSSR count). The molecule has 0 heterocycles. The van der Waals surface area contributed by atoms with Gasteiger partial charge < -0.3 is 11.1 Å². The molecule has 0 saturated heterocycles. The number of hydrogen-bond acceptors (Lipinski definition) is 4. The van der Waals surface area contributed by atoms with Crippen LogP contribution in [0.2, 0.25) is 0 Å². The second-order valence-corrected chi connectivity index (χ2v) is 4.98. The number of thiocarbonyl (C=S) groups is 1. The molecule has 7 heteroatoms. The van der Waals surface area contributed by atoms with E-state index < -0.39 is 21.5 Å². The highest BCUT2D eigenvalue weighted by atomic mass is 32.2. The van der Waals surface area contributed by atoms with Crippen LogP contribution in [-0.4, -0.2) is 37.9 Å². The van der Waals surface area contributed by atoms with E-state index in [9.17, 15) is 13.2 Å². The van der Waals surface area contributed by atoms with Crippen LogP contribution in [0.25, 0.3) is 0 Å². The highest BCUT2D eigenvalue weighted by Gasteiger charge is 2.09. The quantitative estimate of drug-likeness (QED) is 0.547. The lowest BCUT2D eigenvalue weighted by atomic mass is 10.6. The van der Waals surface area contributed by atoms with Gasteiger partial charge in [0.25, 0.3) is 0 Å². The summed E-state index contributed by atoms with van der Waals surface area (Å²) in [5.41, 5.74) is 5.07. The Morgan fingerprint density at radius 3 is 2.42 bits per heavy atom. The van der Waals surface area contributed by atoms with Crippen molar-refractivity contribution in [2.45, 2.75) is 0 Å². The summed E-state index contributed by atoms with van der Waals surface area (Å²) >= 11 is 4.47. The second kappa shape index (κ2) is 4.36. The van der Waals surface area contributed by atoms with Gasteiger partial charge in [-0.15, -0.1) is 0 Å². The Bertz CT molecular complexity index is 283. The van der Waals surface area contributed by atoms with Gasteiger partial charge >= 0.3 is 0 Å². The van der Waals surface area contributed by atoms with Crippen LogP contribution >= 0.6 is 12.2 Å². The van der Waals surface area contributed by atoms with Gasteiger partial charge in [-0.1, -0.05) is 12.2 Å². The summed E-state index contributed by atoms with van der Waals surface area (Å²) < 4.78 is 21.1. The van der Waals surface area contributed by atoms with Crippen molar-refractivity contribution < 1.29 is 13.2 Å². The maximum Gasteiger partial charge on any atom is 0.235 e. The van der Waals surface area contributed by atoms with Gasteiger partial charge in [0, 0.05) is 6.26 Å². The van der Waals surface area contributed by atoms with Crippen molar-refractivity contribution in [3.63, 3.8) is 0 Å². The molecule has 0 radical (unpaired) electrons. The number of carbonyl (C=O) groups excluding carboxylic acids is 1. The molecule has 0 aromatic carbocycles. The molecule has 0 aliphatic heterocycles. The first-order valence-corrected chi connectivity index (χ1v) is 5.51. The van der Waals surface area contributed by atoms with E-state index in [2.05, 4.69) is 17.5 Å². The van der Waals surface area contributed by atoms with E-state index in [0.29, 0.717) is 0 Å². The lowest BCUT2D eigenvalue weighted by Crippen LogP contribution is -2.35. The lowest BCUT2D eigenvalue weighted by molar-refractivity contribution is -0.118. The fourth-order valence-electron chi connectivity index (χ4n) is 0.475. The van der Waals surface area contributed by atoms with E-state index in [4.69, 9.17) is 5.73 Å². The Kier molecular flexibility index (Phi) is 4.11. The molecule has 0 saturated carbocycles. The highest BCUT2D eigenvalue weighted by Crippen LogP contribution is 1.81. The monoisotopic (exact) mass is 210 g/mol. The van der Waals surface area contributed by atoms with E-state index in [1.165, 1.54) is 0 Å². The summed E-state index contributed by atoms with van der Waals surface area (Å²) in [4.78, 5) is 10.9. The third kappa shape index (κ3) is 7.42. The fraction of sp³-hybridized carbons (Fsp3) is 0.600. The normalized spacial score (nSPS) is 10.8. The van der Waals surface area contributed by atoms with Crippen LogP contribution in [0.5, 0.6) is 0 Å². The maximum absolute atomic E-state index is 10.8. The number of sulfone groups is 1. The highest BCUT2D eigenvalue weighted by molar-refractivity contribution is 7.91. The first-order chi connectivity index (χ1) is 5.31. The van der Waals surface area contributed by atoms with Crippen molar-refractivity contribution in [2.24, 2.45) is 5.73 Å². The number of nitrogens with one attached hydrogen (secondary N) is 1. The van der Waals surface area contributed by atoms with Crippen LogP contribution in [-0.2, 0) is 14.6 Å². The zero-order valence-electron chi connectivity index (χ0n) is 6.53. The first kappa shape index (κ1) is 11.3. The average Bonchev–Trinajstić information content (AvgIpc) is 1.79. The molecule has 70 valence electrons. The Morgan fingerprint density at radius 1 is 1.58 bits per heavy atom. The largest absolute Gasteiger partial charge is 0.392 e. The molecule has 5 nitrogen and oxygen atoms in total. The zero-order valence-corrected chi connectivity index (χ0v) is 8.17. The first-order valence-electron chi connectivity index (χ1n) is 3.04.